The van der Waals surface area contributed by atoms with Gasteiger partial charge in [0.05, 0.1) is 11.7 Å². The van der Waals surface area contributed by atoms with Crippen LogP contribution in [-0.4, -0.2) is 36.3 Å². The first-order valence-electron chi connectivity index (χ1n) is 7.82. The summed E-state index contributed by atoms with van der Waals surface area (Å²) >= 11 is 0. The molecule has 2 aliphatic rings. The van der Waals surface area contributed by atoms with Gasteiger partial charge in [0, 0.05) is 24.9 Å². The molecule has 114 valence electrons. The van der Waals surface area contributed by atoms with Crippen molar-refractivity contribution < 1.29 is 14.3 Å². The van der Waals surface area contributed by atoms with Gasteiger partial charge >= 0.3 is 0 Å². The average molecular weight is 290 g/mol. The van der Waals surface area contributed by atoms with Gasteiger partial charge in [-0.15, -0.1) is 0 Å². The molecule has 0 spiro atoms. The number of nitrogens with one attached hydrogen (secondary N) is 1. The fourth-order valence-corrected chi connectivity index (χ4v) is 2.89. The highest BCUT2D eigenvalue weighted by Gasteiger charge is 2.19. The third kappa shape index (κ3) is 3.94. The Labute approximate surface area is 125 Å². The second-order valence-electron chi connectivity index (χ2n) is 5.79. The molecule has 1 saturated carbocycles. The quantitative estimate of drug-likeness (QED) is 0.904. The van der Waals surface area contributed by atoms with E-state index in [4.69, 9.17) is 9.47 Å². The van der Waals surface area contributed by atoms with E-state index in [-0.39, 0.29) is 12.0 Å². The van der Waals surface area contributed by atoms with Gasteiger partial charge in [-0.05, 0) is 31.7 Å². The highest BCUT2D eigenvalue weighted by Crippen LogP contribution is 2.18. The zero-order valence-electron chi connectivity index (χ0n) is 12.2. The Morgan fingerprint density at radius 1 is 1.29 bits per heavy atom. The average Bonchev–Trinajstić information content (AvgIpc) is 3.19. The first-order valence-corrected chi connectivity index (χ1v) is 7.82. The minimum atomic E-state index is -0.0416. The first-order chi connectivity index (χ1) is 10.3. The van der Waals surface area contributed by atoms with Gasteiger partial charge in [-0.25, -0.2) is 4.98 Å². The van der Waals surface area contributed by atoms with Gasteiger partial charge in [0.2, 0.25) is 5.88 Å². The maximum Gasteiger partial charge on any atom is 0.253 e. The van der Waals surface area contributed by atoms with Crippen molar-refractivity contribution >= 4 is 5.91 Å². The van der Waals surface area contributed by atoms with Crippen LogP contribution >= 0.6 is 0 Å². The van der Waals surface area contributed by atoms with E-state index in [1.165, 1.54) is 12.8 Å². The Balaban J connectivity index is 1.49. The maximum absolute atomic E-state index is 12.1. The highest BCUT2D eigenvalue weighted by atomic mass is 16.5. The van der Waals surface area contributed by atoms with E-state index in [1.54, 1.807) is 18.3 Å². The van der Waals surface area contributed by atoms with Crippen molar-refractivity contribution in [2.45, 2.75) is 50.7 Å². The van der Waals surface area contributed by atoms with Crippen molar-refractivity contribution in [1.82, 2.24) is 10.3 Å². The molecule has 5 heteroatoms. The molecule has 1 aromatic rings. The Bertz CT molecular complexity index is 463. The zero-order chi connectivity index (χ0) is 14.5. The molecule has 0 unspecified atom stereocenters. The monoisotopic (exact) mass is 290 g/mol. The van der Waals surface area contributed by atoms with Crippen LogP contribution in [0.3, 0.4) is 0 Å². The first kappa shape index (κ1) is 14.3. The van der Waals surface area contributed by atoms with Crippen LogP contribution in [0.4, 0.5) is 0 Å². The molecule has 2 fully saturated rings. The highest BCUT2D eigenvalue weighted by molar-refractivity contribution is 5.94. The molecule has 0 radical (unpaired) electrons. The number of hydrogen-bond donors (Lipinski definition) is 1. The van der Waals surface area contributed by atoms with Crippen molar-refractivity contribution in [3.8, 4) is 5.88 Å². The number of amides is 1. The van der Waals surface area contributed by atoms with Crippen LogP contribution in [0.1, 0.15) is 48.9 Å². The number of ether oxygens (including phenoxy) is 2. The van der Waals surface area contributed by atoms with Gasteiger partial charge in [0.25, 0.3) is 5.91 Å². The van der Waals surface area contributed by atoms with Crippen LogP contribution in [0.5, 0.6) is 5.88 Å². The van der Waals surface area contributed by atoms with Crippen LogP contribution in [-0.2, 0) is 4.74 Å². The summed E-state index contributed by atoms with van der Waals surface area (Å²) in [5.74, 6) is 0.503. The maximum atomic E-state index is 12.1. The number of carbonyl (C=O) groups excluding carboxylic acids is 1. The molecule has 1 atom stereocenters. The minimum Gasteiger partial charge on any atom is -0.475 e. The molecule has 5 nitrogen and oxygen atoms in total. The lowest BCUT2D eigenvalue weighted by atomic mass is 10.2. The van der Waals surface area contributed by atoms with Crippen molar-refractivity contribution in [2.75, 3.05) is 13.2 Å². The van der Waals surface area contributed by atoms with Gasteiger partial charge in [0.1, 0.15) is 6.61 Å². The number of hydrogen-bond acceptors (Lipinski definition) is 4. The van der Waals surface area contributed by atoms with E-state index in [1.807, 2.05) is 0 Å². The smallest absolute Gasteiger partial charge is 0.253 e. The van der Waals surface area contributed by atoms with E-state index in [2.05, 4.69) is 10.3 Å². The fourth-order valence-electron chi connectivity index (χ4n) is 2.89. The molecular formula is C16H22N2O3. The lowest BCUT2D eigenvalue weighted by molar-refractivity contribution is 0.0663. The number of carbonyl (C=O) groups is 1. The zero-order valence-corrected chi connectivity index (χ0v) is 12.2. The summed E-state index contributed by atoms with van der Waals surface area (Å²) in [5, 5.41) is 3.05. The van der Waals surface area contributed by atoms with Crippen LogP contribution in [0, 0.1) is 0 Å². The number of pyridine rings is 1. The molecule has 1 aliphatic heterocycles. The summed E-state index contributed by atoms with van der Waals surface area (Å²) in [6.45, 7) is 1.35. The van der Waals surface area contributed by atoms with E-state index in [0.717, 1.165) is 32.3 Å². The molecule has 1 aromatic heterocycles. The summed E-state index contributed by atoms with van der Waals surface area (Å²) in [4.78, 5) is 16.3. The van der Waals surface area contributed by atoms with Gasteiger partial charge in [-0.2, -0.15) is 0 Å². The number of aromatic nitrogens is 1. The van der Waals surface area contributed by atoms with Crippen LogP contribution in [0.25, 0.3) is 0 Å². The molecule has 1 amide bonds. The molecule has 0 bridgehead atoms. The van der Waals surface area contributed by atoms with Crippen LogP contribution in [0.2, 0.25) is 0 Å². The van der Waals surface area contributed by atoms with Crippen molar-refractivity contribution in [3.05, 3.63) is 23.9 Å². The van der Waals surface area contributed by atoms with Gasteiger partial charge in [0.15, 0.2) is 0 Å². The molecule has 1 N–H and O–H groups in total. The molecular weight excluding hydrogens is 268 g/mol. The fraction of sp³-hybridized carbons (Fsp3) is 0.625. The SMILES string of the molecule is O=C(NC1CCCC1)c1ccc(OC[C@@H]2CCCO2)nc1. The molecule has 1 saturated heterocycles. The van der Waals surface area contributed by atoms with E-state index in [9.17, 15) is 4.79 Å². The Morgan fingerprint density at radius 3 is 2.81 bits per heavy atom. The Morgan fingerprint density at radius 2 is 2.14 bits per heavy atom. The van der Waals surface area contributed by atoms with Gasteiger partial charge in [-0.3, -0.25) is 4.79 Å². The topological polar surface area (TPSA) is 60.5 Å². The summed E-state index contributed by atoms with van der Waals surface area (Å²) in [6.07, 6.45) is 8.48. The minimum absolute atomic E-state index is 0.0416. The van der Waals surface area contributed by atoms with E-state index in [0.29, 0.717) is 24.1 Å². The van der Waals surface area contributed by atoms with Crippen LogP contribution in [0.15, 0.2) is 18.3 Å². The van der Waals surface area contributed by atoms with Crippen molar-refractivity contribution in [2.24, 2.45) is 0 Å². The van der Waals surface area contributed by atoms with Gasteiger partial charge < -0.3 is 14.8 Å². The molecule has 0 aromatic carbocycles. The third-order valence-electron chi connectivity index (χ3n) is 4.13. The lowest BCUT2D eigenvalue weighted by Crippen LogP contribution is -2.32. The van der Waals surface area contributed by atoms with Crippen LogP contribution < -0.4 is 10.1 Å². The van der Waals surface area contributed by atoms with Crippen molar-refractivity contribution in [1.29, 1.82) is 0 Å². The molecule has 21 heavy (non-hydrogen) atoms. The summed E-state index contributed by atoms with van der Waals surface area (Å²) < 4.78 is 11.1. The van der Waals surface area contributed by atoms with Crippen molar-refractivity contribution in [3.63, 3.8) is 0 Å². The predicted molar refractivity (Wildman–Crippen MR) is 78.4 cm³/mol. The number of nitrogens with zero attached hydrogens (tertiary/aromatic N) is 1. The number of rotatable bonds is 5. The normalized spacial score (nSPS) is 22.4. The predicted octanol–water partition coefficient (Wildman–Crippen LogP) is 2.31. The summed E-state index contributed by atoms with van der Waals surface area (Å²) in [7, 11) is 0. The van der Waals surface area contributed by atoms with E-state index >= 15 is 0 Å². The van der Waals surface area contributed by atoms with E-state index < -0.39 is 0 Å². The molecule has 2 heterocycles. The lowest BCUT2D eigenvalue weighted by Gasteiger charge is -2.13. The summed E-state index contributed by atoms with van der Waals surface area (Å²) in [5.41, 5.74) is 0.589. The summed E-state index contributed by atoms with van der Waals surface area (Å²) in [6, 6.07) is 3.84. The largest absolute Gasteiger partial charge is 0.475 e. The van der Waals surface area contributed by atoms with Gasteiger partial charge in [-0.1, -0.05) is 12.8 Å². The molecule has 1 aliphatic carbocycles. The second kappa shape index (κ2) is 6.89. The molecule has 3 rings (SSSR count). The standard InChI is InChI=1S/C16H22N2O3/c19-16(18-13-4-1-2-5-13)12-7-8-15(17-10-12)21-11-14-6-3-9-20-14/h7-8,10,13-14H,1-6,9,11H2,(H,18,19)/t14-/m0/s1. The Hall–Kier alpha value is -1.62. The Kier molecular flexibility index (Phi) is 4.70. The third-order valence-corrected chi connectivity index (χ3v) is 4.13. The second-order valence-corrected chi connectivity index (χ2v) is 5.79.